The lowest BCUT2D eigenvalue weighted by Crippen LogP contribution is -2.11. The van der Waals surface area contributed by atoms with Gasteiger partial charge in [0.25, 0.3) is 0 Å². The minimum Gasteiger partial charge on any atom is -0.456 e. The predicted octanol–water partition coefficient (Wildman–Crippen LogP) is 16.9. The molecule has 11 aromatic carbocycles. The summed E-state index contributed by atoms with van der Waals surface area (Å²) in [5.74, 6) is 0. The Balaban J connectivity index is 0.987. The summed E-state index contributed by atoms with van der Waals surface area (Å²) in [4.78, 5) is 2.43. The molecule has 0 aliphatic rings. The SMILES string of the molecule is c1cc(-c2ccccc2-c2ccc3c4ccccc4n(-c4ccc5oc6ccc7ccccc7c6c5c4)c3c2)cc(N(c2cccc3ccccc23)c2cccc3ccccc23)c1. The summed E-state index contributed by atoms with van der Waals surface area (Å²) in [7, 11) is 0. The Morgan fingerprint density at radius 2 is 0.889 bits per heavy atom. The summed E-state index contributed by atoms with van der Waals surface area (Å²) in [6.07, 6.45) is 0. The maximum Gasteiger partial charge on any atom is 0.136 e. The van der Waals surface area contributed by atoms with Gasteiger partial charge in [-0.2, -0.15) is 0 Å². The molecule has 13 aromatic rings. The number of rotatable bonds is 6. The number of benzene rings is 11. The van der Waals surface area contributed by atoms with Crippen molar-refractivity contribution in [3.05, 3.63) is 231 Å². The Morgan fingerprint density at radius 3 is 1.62 bits per heavy atom. The zero-order valence-corrected chi connectivity index (χ0v) is 34.2. The fourth-order valence-corrected chi connectivity index (χ4v) is 10.1. The highest BCUT2D eigenvalue weighted by molar-refractivity contribution is 6.19. The number of hydrogen-bond acceptors (Lipinski definition) is 2. The van der Waals surface area contributed by atoms with E-state index in [1.165, 1.54) is 59.7 Å². The van der Waals surface area contributed by atoms with Crippen LogP contribution in [0.5, 0.6) is 0 Å². The quantitative estimate of drug-likeness (QED) is 0.167. The van der Waals surface area contributed by atoms with Crippen LogP contribution in [0, 0.1) is 0 Å². The van der Waals surface area contributed by atoms with Crippen molar-refractivity contribution >= 4 is 93.1 Å². The van der Waals surface area contributed by atoms with Crippen LogP contribution in [-0.2, 0) is 0 Å². The minimum absolute atomic E-state index is 0.891. The molecule has 13 rings (SSSR count). The Morgan fingerprint density at radius 1 is 0.333 bits per heavy atom. The van der Waals surface area contributed by atoms with Gasteiger partial charge in [0.15, 0.2) is 0 Å². The Hall–Kier alpha value is -8.40. The first kappa shape index (κ1) is 35.4. The standard InChI is InChI=1S/C60H38N2O/c1-4-23-48-39(14-1)17-12-28-54(48)61(55-29-13-18-40-15-2-5-24-49(40)55)44-20-11-19-42(36-44)46-21-7-8-22-47(46)43-30-33-52-51-26-9-10-27-56(51)62(57(52)37-43)45-32-35-58-53(38-45)60-50-25-6-3-16-41(50)31-34-59(60)63-58/h1-38H. The molecule has 63 heavy (non-hydrogen) atoms. The summed E-state index contributed by atoms with van der Waals surface area (Å²) in [5.41, 5.74) is 13.3. The van der Waals surface area contributed by atoms with Crippen molar-refractivity contribution in [3.63, 3.8) is 0 Å². The number of furan rings is 1. The lowest BCUT2D eigenvalue weighted by Gasteiger charge is -2.28. The van der Waals surface area contributed by atoms with E-state index in [9.17, 15) is 0 Å². The first-order valence-electron chi connectivity index (χ1n) is 21.6. The van der Waals surface area contributed by atoms with E-state index in [4.69, 9.17) is 4.42 Å². The summed E-state index contributed by atoms with van der Waals surface area (Å²) in [6.45, 7) is 0. The number of nitrogens with zero attached hydrogens (tertiary/aromatic N) is 2. The van der Waals surface area contributed by atoms with E-state index in [1.54, 1.807) is 0 Å². The second kappa shape index (κ2) is 14.1. The van der Waals surface area contributed by atoms with Crippen molar-refractivity contribution in [2.24, 2.45) is 0 Å². The highest BCUT2D eigenvalue weighted by Gasteiger charge is 2.20. The maximum atomic E-state index is 6.44. The van der Waals surface area contributed by atoms with Crippen LogP contribution in [0.15, 0.2) is 235 Å². The van der Waals surface area contributed by atoms with Crippen molar-refractivity contribution in [1.29, 1.82) is 0 Å². The van der Waals surface area contributed by atoms with E-state index in [0.29, 0.717) is 0 Å². The zero-order valence-electron chi connectivity index (χ0n) is 34.2. The van der Waals surface area contributed by atoms with Crippen molar-refractivity contribution in [3.8, 4) is 27.9 Å². The van der Waals surface area contributed by atoms with Crippen LogP contribution in [0.3, 0.4) is 0 Å². The first-order valence-corrected chi connectivity index (χ1v) is 21.6. The van der Waals surface area contributed by atoms with E-state index in [0.717, 1.165) is 61.3 Å². The molecule has 0 amide bonds. The van der Waals surface area contributed by atoms with Crippen LogP contribution in [0.25, 0.3) is 104 Å². The van der Waals surface area contributed by atoms with Crippen LogP contribution in [0.2, 0.25) is 0 Å². The molecule has 0 saturated carbocycles. The molecule has 0 saturated heterocycles. The smallest absolute Gasteiger partial charge is 0.136 e. The second-order valence-corrected chi connectivity index (χ2v) is 16.5. The van der Waals surface area contributed by atoms with Gasteiger partial charge in [0.2, 0.25) is 0 Å². The van der Waals surface area contributed by atoms with Gasteiger partial charge < -0.3 is 13.9 Å². The van der Waals surface area contributed by atoms with Crippen LogP contribution >= 0.6 is 0 Å². The van der Waals surface area contributed by atoms with Crippen LogP contribution < -0.4 is 4.90 Å². The molecule has 3 nitrogen and oxygen atoms in total. The maximum absolute atomic E-state index is 6.44. The molecule has 0 atom stereocenters. The van der Waals surface area contributed by atoms with Gasteiger partial charge in [0, 0.05) is 43.7 Å². The Bertz CT molecular complexity index is 3860. The molecule has 0 unspecified atom stereocenters. The third-order valence-corrected chi connectivity index (χ3v) is 12.9. The van der Waals surface area contributed by atoms with E-state index < -0.39 is 0 Å². The summed E-state index contributed by atoms with van der Waals surface area (Å²) >= 11 is 0. The second-order valence-electron chi connectivity index (χ2n) is 16.5. The van der Waals surface area contributed by atoms with Gasteiger partial charge in [0.1, 0.15) is 11.2 Å². The molecule has 2 heterocycles. The average Bonchev–Trinajstić information content (AvgIpc) is 3.90. The average molecular weight is 803 g/mol. The van der Waals surface area contributed by atoms with Gasteiger partial charge in [-0.05, 0) is 104 Å². The van der Waals surface area contributed by atoms with Gasteiger partial charge in [-0.3, -0.25) is 0 Å². The zero-order chi connectivity index (χ0) is 41.4. The fourth-order valence-electron chi connectivity index (χ4n) is 10.1. The number of anilines is 3. The van der Waals surface area contributed by atoms with Crippen LogP contribution in [0.1, 0.15) is 0 Å². The molecule has 0 fully saturated rings. The topological polar surface area (TPSA) is 21.3 Å². The lowest BCUT2D eigenvalue weighted by atomic mass is 9.93. The monoisotopic (exact) mass is 802 g/mol. The molecule has 0 radical (unpaired) electrons. The van der Waals surface area contributed by atoms with Gasteiger partial charge in [0.05, 0.1) is 22.4 Å². The molecule has 0 bridgehead atoms. The largest absolute Gasteiger partial charge is 0.456 e. The summed E-state index contributed by atoms with van der Waals surface area (Å²) in [6, 6.07) is 83.6. The van der Waals surface area contributed by atoms with Crippen molar-refractivity contribution < 1.29 is 4.42 Å². The highest BCUT2D eigenvalue weighted by atomic mass is 16.3. The Kier molecular flexibility index (Phi) is 7.91. The first-order chi connectivity index (χ1) is 31.2. The van der Waals surface area contributed by atoms with Gasteiger partial charge in [-0.25, -0.2) is 0 Å². The summed E-state index contributed by atoms with van der Waals surface area (Å²) in [5, 5.41) is 12.0. The minimum atomic E-state index is 0.891. The molecule has 3 heteroatoms. The molecule has 0 spiro atoms. The number of aromatic nitrogens is 1. The van der Waals surface area contributed by atoms with Crippen molar-refractivity contribution in [2.75, 3.05) is 4.90 Å². The van der Waals surface area contributed by atoms with Crippen LogP contribution in [-0.4, -0.2) is 4.57 Å². The molecule has 294 valence electrons. The lowest BCUT2D eigenvalue weighted by molar-refractivity contribution is 0.669. The van der Waals surface area contributed by atoms with Gasteiger partial charge in [-0.1, -0.05) is 170 Å². The molecule has 0 aliphatic heterocycles. The molecular weight excluding hydrogens is 765 g/mol. The normalized spacial score (nSPS) is 11.8. The van der Waals surface area contributed by atoms with E-state index in [-0.39, 0.29) is 0 Å². The molecule has 0 aliphatic carbocycles. The molecule has 2 aromatic heterocycles. The number of fused-ring (bicyclic) bond motifs is 10. The third-order valence-electron chi connectivity index (χ3n) is 12.9. The highest BCUT2D eigenvalue weighted by Crippen LogP contribution is 2.45. The van der Waals surface area contributed by atoms with Gasteiger partial charge >= 0.3 is 0 Å². The third kappa shape index (κ3) is 5.60. The molecule has 0 N–H and O–H groups in total. The van der Waals surface area contributed by atoms with E-state index >= 15 is 0 Å². The molecular formula is C60H38N2O. The Labute approximate surface area is 363 Å². The van der Waals surface area contributed by atoms with Crippen molar-refractivity contribution in [2.45, 2.75) is 0 Å². The fraction of sp³-hybridized carbons (Fsp3) is 0. The van der Waals surface area contributed by atoms with E-state index in [2.05, 4.69) is 240 Å². The van der Waals surface area contributed by atoms with E-state index in [1.807, 2.05) is 0 Å². The number of hydrogen-bond donors (Lipinski definition) is 0. The van der Waals surface area contributed by atoms with Crippen molar-refractivity contribution in [1.82, 2.24) is 4.57 Å². The summed E-state index contributed by atoms with van der Waals surface area (Å²) < 4.78 is 8.86. The number of para-hydroxylation sites is 1. The van der Waals surface area contributed by atoms with Gasteiger partial charge in [-0.15, -0.1) is 0 Å². The van der Waals surface area contributed by atoms with Crippen LogP contribution in [0.4, 0.5) is 17.1 Å². The predicted molar refractivity (Wildman–Crippen MR) is 266 cm³/mol.